The largest absolute Gasteiger partial charge is 0.438 e. The first-order chi connectivity index (χ1) is 14.9. The number of anilines is 1. The maximum Gasteiger partial charge on any atom is 0.261 e. The van der Waals surface area contributed by atoms with E-state index in [4.69, 9.17) is 10.00 Å². The predicted molar refractivity (Wildman–Crippen MR) is 111 cm³/mol. The number of aryl methyl sites for hydroxylation is 1. The number of rotatable bonds is 4. The molecule has 8 heteroatoms. The molecule has 31 heavy (non-hydrogen) atoms. The molecule has 1 aromatic heterocycles. The van der Waals surface area contributed by atoms with Crippen LogP contribution in [0.4, 0.5) is 5.69 Å². The van der Waals surface area contributed by atoms with Crippen LogP contribution in [0, 0.1) is 18.3 Å². The minimum absolute atomic E-state index is 0.198. The first-order valence-electron chi connectivity index (χ1n) is 9.30. The maximum absolute atomic E-state index is 12.7. The lowest BCUT2D eigenvalue weighted by molar-refractivity contribution is 0.0693. The number of hydrogen-bond acceptors (Lipinski definition) is 6. The number of nitrogens with one attached hydrogen (secondary N) is 1. The second-order valence-corrected chi connectivity index (χ2v) is 6.93. The smallest absolute Gasteiger partial charge is 0.261 e. The highest BCUT2D eigenvalue weighted by atomic mass is 16.5. The molecule has 0 saturated heterocycles. The molecule has 0 saturated carbocycles. The van der Waals surface area contributed by atoms with Gasteiger partial charge in [0.1, 0.15) is 17.4 Å². The van der Waals surface area contributed by atoms with Gasteiger partial charge in [-0.1, -0.05) is 0 Å². The number of amides is 3. The van der Waals surface area contributed by atoms with E-state index in [1.165, 1.54) is 31.4 Å². The molecule has 8 nitrogen and oxygen atoms in total. The van der Waals surface area contributed by atoms with Crippen LogP contribution in [0.1, 0.15) is 42.2 Å². The molecule has 0 bridgehead atoms. The summed E-state index contributed by atoms with van der Waals surface area (Å²) < 4.78 is 5.69. The molecule has 0 unspecified atom stereocenters. The Kier molecular flexibility index (Phi) is 4.93. The molecule has 0 atom stereocenters. The van der Waals surface area contributed by atoms with E-state index in [0.29, 0.717) is 17.0 Å². The molecule has 2 heterocycles. The van der Waals surface area contributed by atoms with Crippen molar-refractivity contribution in [1.29, 1.82) is 5.26 Å². The number of hydrogen-bond donors (Lipinski definition) is 1. The van der Waals surface area contributed by atoms with Gasteiger partial charge >= 0.3 is 0 Å². The lowest BCUT2D eigenvalue weighted by Crippen LogP contribution is -2.24. The maximum atomic E-state index is 12.7. The third-order valence-corrected chi connectivity index (χ3v) is 4.90. The van der Waals surface area contributed by atoms with Gasteiger partial charge < -0.3 is 10.1 Å². The number of benzene rings is 2. The fourth-order valence-electron chi connectivity index (χ4n) is 3.21. The fraction of sp³-hybridized carbons (Fsp3) is 0.0870. The van der Waals surface area contributed by atoms with E-state index in [1.54, 1.807) is 37.3 Å². The summed E-state index contributed by atoms with van der Waals surface area (Å²) in [4.78, 5) is 41.9. The van der Waals surface area contributed by atoms with Gasteiger partial charge in [0.2, 0.25) is 5.88 Å². The molecule has 3 aromatic rings. The van der Waals surface area contributed by atoms with Gasteiger partial charge in [0.05, 0.1) is 11.1 Å². The Morgan fingerprint density at radius 1 is 1.10 bits per heavy atom. The van der Waals surface area contributed by atoms with E-state index < -0.39 is 11.8 Å². The molecule has 152 valence electrons. The zero-order valence-electron chi connectivity index (χ0n) is 16.7. The Morgan fingerprint density at radius 2 is 1.87 bits per heavy atom. The molecule has 1 aliphatic heterocycles. The average molecular weight is 412 g/mol. The van der Waals surface area contributed by atoms with Crippen molar-refractivity contribution >= 4 is 23.4 Å². The summed E-state index contributed by atoms with van der Waals surface area (Å²) in [5.74, 6) is -0.561. The summed E-state index contributed by atoms with van der Waals surface area (Å²) in [7, 11) is 1.40. The predicted octanol–water partition coefficient (Wildman–Crippen LogP) is 3.53. The molecule has 1 N–H and O–H groups in total. The number of imide groups is 1. The van der Waals surface area contributed by atoms with Crippen molar-refractivity contribution in [2.24, 2.45) is 0 Å². The third-order valence-electron chi connectivity index (χ3n) is 4.90. The Balaban J connectivity index is 1.53. The quantitative estimate of drug-likeness (QED) is 0.656. The van der Waals surface area contributed by atoms with Crippen LogP contribution in [0.15, 0.2) is 54.7 Å². The second-order valence-electron chi connectivity index (χ2n) is 6.93. The van der Waals surface area contributed by atoms with Crippen LogP contribution in [0.3, 0.4) is 0 Å². The third kappa shape index (κ3) is 3.60. The van der Waals surface area contributed by atoms with Crippen molar-refractivity contribution in [3.05, 3.63) is 82.5 Å². The van der Waals surface area contributed by atoms with Crippen molar-refractivity contribution in [1.82, 2.24) is 9.88 Å². The molecule has 0 radical (unpaired) electrons. The number of fused-ring (bicyclic) bond motifs is 1. The summed E-state index contributed by atoms with van der Waals surface area (Å²) in [6.07, 6.45) is 1.53. The molecule has 0 fully saturated rings. The summed E-state index contributed by atoms with van der Waals surface area (Å²) in [6.45, 7) is 1.80. The van der Waals surface area contributed by atoms with Crippen molar-refractivity contribution in [2.45, 2.75) is 6.92 Å². The fourth-order valence-corrected chi connectivity index (χ4v) is 3.21. The number of carbonyl (C=O) groups excluding carboxylic acids is 3. The molecule has 3 amide bonds. The minimum atomic E-state index is -0.432. The Morgan fingerprint density at radius 3 is 2.61 bits per heavy atom. The second kappa shape index (κ2) is 7.72. The number of ether oxygens (including phenoxy) is 1. The van der Waals surface area contributed by atoms with Gasteiger partial charge in [-0.15, -0.1) is 0 Å². The Labute approximate surface area is 177 Å². The van der Waals surface area contributed by atoms with Gasteiger partial charge in [-0.3, -0.25) is 19.3 Å². The van der Waals surface area contributed by atoms with Crippen LogP contribution in [0.5, 0.6) is 11.6 Å². The first-order valence-corrected chi connectivity index (χ1v) is 9.30. The topological polar surface area (TPSA) is 112 Å². The summed E-state index contributed by atoms with van der Waals surface area (Å²) in [6, 6.07) is 14.7. The molecule has 1 aliphatic rings. The van der Waals surface area contributed by atoms with Crippen molar-refractivity contribution < 1.29 is 19.1 Å². The van der Waals surface area contributed by atoms with Crippen LogP contribution in [-0.4, -0.2) is 34.7 Å². The summed E-state index contributed by atoms with van der Waals surface area (Å²) in [5.41, 5.74) is 2.36. The van der Waals surface area contributed by atoms with Gasteiger partial charge in [-0.2, -0.15) is 5.26 Å². The summed E-state index contributed by atoms with van der Waals surface area (Å²) >= 11 is 0. The molecule has 4 rings (SSSR count). The highest BCUT2D eigenvalue weighted by Gasteiger charge is 2.33. The summed E-state index contributed by atoms with van der Waals surface area (Å²) in [5, 5.41) is 11.9. The van der Waals surface area contributed by atoms with Gasteiger partial charge in [-0.25, -0.2) is 4.98 Å². The van der Waals surface area contributed by atoms with Gasteiger partial charge in [0.25, 0.3) is 17.7 Å². The Bertz CT molecular complexity index is 1290. The number of carbonyl (C=O) groups is 3. The zero-order valence-corrected chi connectivity index (χ0v) is 16.7. The lowest BCUT2D eigenvalue weighted by atomic mass is 10.0. The van der Waals surface area contributed by atoms with E-state index in [-0.39, 0.29) is 28.5 Å². The van der Waals surface area contributed by atoms with E-state index in [2.05, 4.69) is 10.3 Å². The molecule has 0 spiro atoms. The highest BCUT2D eigenvalue weighted by Crippen LogP contribution is 2.28. The number of nitriles is 1. The lowest BCUT2D eigenvalue weighted by Gasteiger charge is -2.11. The molecular weight excluding hydrogens is 396 g/mol. The van der Waals surface area contributed by atoms with E-state index >= 15 is 0 Å². The average Bonchev–Trinajstić information content (AvgIpc) is 2.99. The van der Waals surface area contributed by atoms with Crippen LogP contribution in [0.25, 0.3) is 0 Å². The van der Waals surface area contributed by atoms with Crippen LogP contribution in [0.2, 0.25) is 0 Å². The van der Waals surface area contributed by atoms with Gasteiger partial charge in [-0.05, 0) is 61.0 Å². The van der Waals surface area contributed by atoms with E-state index in [1.807, 2.05) is 6.07 Å². The van der Waals surface area contributed by atoms with Crippen LogP contribution in [-0.2, 0) is 0 Å². The number of pyridine rings is 1. The van der Waals surface area contributed by atoms with Gasteiger partial charge in [0.15, 0.2) is 0 Å². The van der Waals surface area contributed by atoms with E-state index in [9.17, 15) is 14.4 Å². The molecular formula is C23H16N4O4. The molecule has 0 aliphatic carbocycles. The standard InChI is InChI=1S/C23H16N4O4/c1-13-10-16(31-21-15(12-24)4-3-9-25-21)6-8-19(13)26-20(28)14-5-7-17-18(11-14)23(30)27(2)22(17)29/h3-11H,1-2H3,(H,26,28). The van der Waals surface area contributed by atoms with Gasteiger partial charge in [0, 0.05) is 24.5 Å². The first kappa shape index (κ1) is 19.8. The highest BCUT2D eigenvalue weighted by molar-refractivity contribution is 6.22. The normalized spacial score (nSPS) is 12.4. The van der Waals surface area contributed by atoms with E-state index in [0.717, 1.165) is 10.5 Å². The Hall–Kier alpha value is -4.51. The van der Waals surface area contributed by atoms with Crippen LogP contribution < -0.4 is 10.1 Å². The van der Waals surface area contributed by atoms with Crippen molar-refractivity contribution in [3.63, 3.8) is 0 Å². The van der Waals surface area contributed by atoms with Crippen LogP contribution >= 0.6 is 0 Å². The van der Waals surface area contributed by atoms with Crippen molar-refractivity contribution in [2.75, 3.05) is 12.4 Å². The number of nitrogens with zero attached hydrogens (tertiary/aromatic N) is 3. The van der Waals surface area contributed by atoms with Crippen molar-refractivity contribution in [3.8, 4) is 17.7 Å². The minimum Gasteiger partial charge on any atom is -0.438 e. The molecule has 2 aromatic carbocycles. The zero-order chi connectivity index (χ0) is 22.1. The number of aromatic nitrogens is 1. The monoisotopic (exact) mass is 412 g/mol. The SMILES string of the molecule is Cc1cc(Oc2ncccc2C#N)ccc1NC(=O)c1ccc2c(c1)C(=O)N(C)C2=O.